The standard InChI is InChI=1S/C11H14FNO/c12-10-4-3-8(14)7-9(10)11(13)5-1-2-6-11/h3-4,7,14H,1-2,5-6,13H2. The van der Waals surface area contributed by atoms with Gasteiger partial charge in [-0.05, 0) is 31.0 Å². The first-order valence-corrected chi connectivity index (χ1v) is 4.90. The SMILES string of the molecule is NC1(c2cc(O)ccc2F)CCCC1. The van der Waals surface area contributed by atoms with E-state index < -0.39 is 5.54 Å². The van der Waals surface area contributed by atoms with Gasteiger partial charge in [0.05, 0.1) is 0 Å². The maximum absolute atomic E-state index is 13.5. The van der Waals surface area contributed by atoms with Crippen LogP contribution in [0.25, 0.3) is 0 Å². The molecule has 0 heterocycles. The summed E-state index contributed by atoms with van der Waals surface area (Å²) in [5.41, 5.74) is 5.99. The van der Waals surface area contributed by atoms with Crippen molar-refractivity contribution in [2.45, 2.75) is 31.2 Å². The summed E-state index contributed by atoms with van der Waals surface area (Å²) in [4.78, 5) is 0. The Hall–Kier alpha value is -1.09. The van der Waals surface area contributed by atoms with Gasteiger partial charge >= 0.3 is 0 Å². The van der Waals surface area contributed by atoms with Crippen LogP contribution in [0, 0.1) is 5.82 Å². The zero-order chi connectivity index (χ0) is 10.2. The lowest BCUT2D eigenvalue weighted by Gasteiger charge is -2.24. The molecule has 0 aromatic heterocycles. The monoisotopic (exact) mass is 195 g/mol. The summed E-state index contributed by atoms with van der Waals surface area (Å²) in [5, 5.41) is 9.29. The summed E-state index contributed by atoms with van der Waals surface area (Å²) >= 11 is 0. The van der Waals surface area contributed by atoms with Gasteiger partial charge in [-0.1, -0.05) is 12.8 Å². The summed E-state index contributed by atoms with van der Waals surface area (Å²) < 4.78 is 13.5. The molecule has 2 nitrogen and oxygen atoms in total. The molecule has 14 heavy (non-hydrogen) atoms. The van der Waals surface area contributed by atoms with Crippen molar-refractivity contribution in [3.8, 4) is 5.75 Å². The van der Waals surface area contributed by atoms with E-state index in [9.17, 15) is 9.50 Å². The van der Waals surface area contributed by atoms with E-state index in [-0.39, 0.29) is 11.6 Å². The minimum Gasteiger partial charge on any atom is -0.508 e. The van der Waals surface area contributed by atoms with Crippen molar-refractivity contribution >= 4 is 0 Å². The lowest BCUT2D eigenvalue weighted by molar-refractivity contribution is 0.422. The maximum Gasteiger partial charge on any atom is 0.128 e. The molecule has 0 unspecified atom stereocenters. The van der Waals surface area contributed by atoms with Gasteiger partial charge in [0.15, 0.2) is 0 Å². The van der Waals surface area contributed by atoms with Gasteiger partial charge in [-0.3, -0.25) is 0 Å². The van der Waals surface area contributed by atoms with Crippen molar-refractivity contribution in [3.05, 3.63) is 29.6 Å². The van der Waals surface area contributed by atoms with Crippen molar-refractivity contribution in [1.29, 1.82) is 0 Å². The number of benzene rings is 1. The highest BCUT2D eigenvalue weighted by Crippen LogP contribution is 2.38. The van der Waals surface area contributed by atoms with Crippen molar-refractivity contribution < 1.29 is 9.50 Å². The quantitative estimate of drug-likeness (QED) is 0.722. The molecule has 0 aliphatic heterocycles. The van der Waals surface area contributed by atoms with Crippen LogP contribution in [0.1, 0.15) is 31.2 Å². The van der Waals surface area contributed by atoms with Gasteiger partial charge in [-0.15, -0.1) is 0 Å². The Labute approximate surface area is 82.5 Å². The zero-order valence-corrected chi connectivity index (χ0v) is 7.96. The van der Waals surface area contributed by atoms with Crippen LogP contribution in [0.3, 0.4) is 0 Å². The molecule has 0 radical (unpaired) electrons. The molecule has 1 aromatic rings. The average Bonchev–Trinajstić information content (AvgIpc) is 2.58. The van der Waals surface area contributed by atoms with Crippen LogP contribution in [0.4, 0.5) is 4.39 Å². The molecule has 76 valence electrons. The number of phenols is 1. The molecule has 1 saturated carbocycles. The molecule has 1 aromatic carbocycles. The second-order valence-electron chi connectivity index (χ2n) is 4.03. The Morgan fingerprint density at radius 3 is 2.57 bits per heavy atom. The van der Waals surface area contributed by atoms with Gasteiger partial charge < -0.3 is 10.8 Å². The minimum absolute atomic E-state index is 0.0816. The van der Waals surface area contributed by atoms with Crippen LogP contribution in [-0.4, -0.2) is 5.11 Å². The number of phenolic OH excluding ortho intramolecular Hbond substituents is 1. The topological polar surface area (TPSA) is 46.2 Å². The first kappa shape index (κ1) is 9.46. The first-order chi connectivity index (χ1) is 6.62. The predicted octanol–water partition coefficient (Wildman–Crippen LogP) is 2.26. The van der Waals surface area contributed by atoms with Crippen LogP contribution in [-0.2, 0) is 5.54 Å². The van der Waals surface area contributed by atoms with Crippen LogP contribution in [0.5, 0.6) is 5.75 Å². The second kappa shape index (κ2) is 3.24. The molecule has 1 aliphatic carbocycles. The molecule has 0 saturated heterocycles. The Bertz CT molecular complexity index is 345. The van der Waals surface area contributed by atoms with Crippen molar-refractivity contribution in [2.75, 3.05) is 0 Å². The third kappa shape index (κ3) is 1.48. The van der Waals surface area contributed by atoms with Crippen molar-refractivity contribution in [1.82, 2.24) is 0 Å². The van der Waals surface area contributed by atoms with Crippen LogP contribution in [0.2, 0.25) is 0 Å². The average molecular weight is 195 g/mol. The second-order valence-corrected chi connectivity index (χ2v) is 4.03. The van der Waals surface area contributed by atoms with Gasteiger partial charge in [0.1, 0.15) is 11.6 Å². The van der Waals surface area contributed by atoms with E-state index in [1.54, 1.807) is 0 Å². The molecule has 0 atom stereocenters. The van der Waals surface area contributed by atoms with Gasteiger partial charge in [-0.25, -0.2) is 4.39 Å². The lowest BCUT2D eigenvalue weighted by atomic mass is 9.89. The number of nitrogens with two attached hydrogens (primary N) is 1. The molecule has 1 fully saturated rings. The maximum atomic E-state index is 13.5. The van der Waals surface area contributed by atoms with E-state index in [1.807, 2.05) is 0 Å². The molecule has 3 heteroatoms. The molecule has 0 spiro atoms. The summed E-state index contributed by atoms with van der Waals surface area (Å²) in [6, 6.07) is 4.06. The molecule has 0 bridgehead atoms. The van der Waals surface area contributed by atoms with Crippen LogP contribution in [0.15, 0.2) is 18.2 Å². The normalized spacial score (nSPS) is 19.9. The fraction of sp³-hybridized carbons (Fsp3) is 0.455. The van der Waals surface area contributed by atoms with Crippen LogP contribution < -0.4 is 5.73 Å². The smallest absolute Gasteiger partial charge is 0.128 e. The van der Waals surface area contributed by atoms with Crippen molar-refractivity contribution in [2.24, 2.45) is 5.73 Å². The van der Waals surface area contributed by atoms with E-state index in [2.05, 4.69) is 0 Å². The third-order valence-corrected chi connectivity index (χ3v) is 2.98. The van der Waals surface area contributed by atoms with E-state index in [4.69, 9.17) is 5.73 Å². The Kier molecular flexibility index (Phi) is 2.19. The molecule has 3 N–H and O–H groups in total. The van der Waals surface area contributed by atoms with Crippen molar-refractivity contribution in [3.63, 3.8) is 0 Å². The van der Waals surface area contributed by atoms with E-state index in [0.717, 1.165) is 25.7 Å². The molecule has 0 amide bonds. The Morgan fingerprint density at radius 2 is 1.93 bits per heavy atom. The molecular formula is C11H14FNO. The molecule has 2 rings (SSSR count). The number of halogens is 1. The van der Waals surface area contributed by atoms with Crippen LogP contribution >= 0.6 is 0 Å². The predicted molar refractivity (Wildman–Crippen MR) is 52.4 cm³/mol. The fourth-order valence-electron chi connectivity index (χ4n) is 2.17. The van der Waals surface area contributed by atoms with E-state index >= 15 is 0 Å². The fourth-order valence-corrected chi connectivity index (χ4v) is 2.17. The zero-order valence-electron chi connectivity index (χ0n) is 7.96. The summed E-state index contributed by atoms with van der Waals surface area (Å²) in [6.45, 7) is 0. The highest BCUT2D eigenvalue weighted by atomic mass is 19.1. The summed E-state index contributed by atoms with van der Waals surface area (Å²) in [7, 11) is 0. The van der Waals surface area contributed by atoms with Gasteiger partial charge in [-0.2, -0.15) is 0 Å². The van der Waals surface area contributed by atoms with Gasteiger partial charge in [0.25, 0.3) is 0 Å². The highest BCUT2D eigenvalue weighted by molar-refractivity contribution is 5.34. The number of aromatic hydroxyl groups is 1. The highest BCUT2D eigenvalue weighted by Gasteiger charge is 2.33. The van der Waals surface area contributed by atoms with Gasteiger partial charge in [0.2, 0.25) is 0 Å². The third-order valence-electron chi connectivity index (χ3n) is 2.98. The summed E-state index contributed by atoms with van der Waals surface area (Å²) in [6.07, 6.45) is 3.66. The largest absolute Gasteiger partial charge is 0.508 e. The first-order valence-electron chi connectivity index (χ1n) is 4.90. The number of hydrogen-bond donors (Lipinski definition) is 2. The Balaban J connectivity index is 2.44. The lowest BCUT2D eigenvalue weighted by Crippen LogP contribution is -2.34. The van der Waals surface area contributed by atoms with E-state index in [0.29, 0.717) is 5.56 Å². The van der Waals surface area contributed by atoms with E-state index in [1.165, 1.54) is 18.2 Å². The molecule has 1 aliphatic rings. The number of rotatable bonds is 1. The summed E-state index contributed by atoms with van der Waals surface area (Å²) in [5.74, 6) is -0.231. The van der Waals surface area contributed by atoms with Gasteiger partial charge in [0, 0.05) is 11.1 Å². The number of hydrogen-bond acceptors (Lipinski definition) is 2. The molecular weight excluding hydrogens is 181 g/mol. The Morgan fingerprint density at radius 1 is 1.29 bits per heavy atom. The minimum atomic E-state index is -0.567.